The number of sulfonamides is 1. The number of rotatable bonds is 2. The van der Waals surface area contributed by atoms with Gasteiger partial charge in [-0.2, -0.15) is 17.5 Å². The molecule has 0 radical (unpaired) electrons. The molecule has 1 N–H and O–H groups in total. The van der Waals surface area contributed by atoms with Gasteiger partial charge in [0, 0.05) is 25.7 Å². The Labute approximate surface area is 127 Å². The predicted octanol–water partition coefficient (Wildman–Crippen LogP) is 2.11. The Morgan fingerprint density at radius 3 is 2.48 bits per heavy atom. The first-order valence-electron chi connectivity index (χ1n) is 6.13. The molecule has 0 saturated carbocycles. The molecular formula is C12H16ClF3N2O2S. The average molecular weight is 345 g/mol. The molecule has 0 bridgehead atoms. The Balaban J connectivity index is 0.00000220. The molecule has 9 heteroatoms. The van der Waals surface area contributed by atoms with E-state index in [2.05, 4.69) is 5.32 Å². The summed E-state index contributed by atoms with van der Waals surface area (Å²) < 4.78 is 64.9. The molecule has 1 fully saturated rings. The summed E-state index contributed by atoms with van der Waals surface area (Å²) >= 11 is 0. The smallest absolute Gasteiger partial charge is 0.314 e. The molecule has 1 aromatic rings. The van der Waals surface area contributed by atoms with E-state index in [0.717, 1.165) is 16.4 Å². The molecule has 1 aliphatic heterocycles. The summed E-state index contributed by atoms with van der Waals surface area (Å²) in [6.07, 6.45) is -4.69. The topological polar surface area (TPSA) is 49.4 Å². The first-order chi connectivity index (χ1) is 9.24. The highest BCUT2D eigenvalue weighted by molar-refractivity contribution is 7.89. The lowest BCUT2D eigenvalue weighted by Gasteiger charge is -2.33. The fourth-order valence-electron chi connectivity index (χ4n) is 2.23. The van der Waals surface area contributed by atoms with E-state index < -0.39 is 26.7 Å². The van der Waals surface area contributed by atoms with E-state index in [1.54, 1.807) is 6.92 Å². The van der Waals surface area contributed by atoms with Gasteiger partial charge in [0.1, 0.15) is 0 Å². The van der Waals surface area contributed by atoms with Crippen molar-refractivity contribution in [1.29, 1.82) is 0 Å². The summed E-state index contributed by atoms with van der Waals surface area (Å²) in [6, 6.07) is 3.90. The van der Waals surface area contributed by atoms with E-state index in [4.69, 9.17) is 0 Å². The second-order valence-electron chi connectivity index (χ2n) is 4.66. The summed E-state index contributed by atoms with van der Waals surface area (Å²) in [5.74, 6) is 0. The van der Waals surface area contributed by atoms with Gasteiger partial charge in [-0.05, 0) is 19.1 Å². The molecule has 21 heavy (non-hydrogen) atoms. The van der Waals surface area contributed by atoms with E-state index in [0.29, 0.717) is 13.1 Å². The molecule has 1 atom stereocenters. The van der Waals surface area contributed by atoms with Crippen LogP contribution in [0.4, 0.5) is 13.2 Å². The fraction of sp³-hybridized carbons (Fsp3) is 0.500. The maximum absolute atomic E-state index is 12.9. The second kappa shape index (κ2) is 6.51. The van der Waals surface area contributed by atoms with E-state index in [1.807, 2.05) is 0 Å². The van der Waals surface area contributed by atoms with Crippen molar-refractivity contribution in [3.8, 4) is 0 Å². The first-order valence-corrected chi connectivity index (χ1v) is 7.57. The minimum atomic E-state index is -4.69. The van der Waals surface area contributed by atoms with Crippen molar-refractivity contribution in [2.45, 2.75) is 24.0 Å². The monoisotopic (exact) mass is 344 g/mol. The standard InChI is InChI=1S/C12H15F3N2O2S.ClH/c1-9-8-16-6-7-17(9)20(18,19)11-5-3-2-4-10(11)12(13,14)15;/h2-5,9,16H,6-8H2,1H3;1H. The normalized spacial score (nSPS) is 20.9. The van der Waals surface area contributed by atoms with Crippen molar-refractivity contribution in [3.63, 3.8) is 0 Å². The zero-order chi connectivity index (χ0) is 15.0. The molecule has 1 aliphatic rings. The summed E-state index contributed by atoms with van der Waals surface area (Å²) in [6.45, 7) is 2.68. The average Bonchev–Trinajstić information content (AvgIpc) is 2.38. The largest absolute Gasteiger partial charge is 0.417 e. The van der Waals surface area contributed by atoms with Crippen LogP contribution >= 0.6 is 12.4 Å². The predicted molar refractivity (Wildman–Crippen MR) is 74.9 cm³/mol. The number of hydrogen-bond donors (Lipinski definition) is 1. The highest BCUT2D eigenvalue weighted by atomic mass is 35.5. The lowest BCUT2D eigenvalue weighted by atomic mass is 10.2. The van der Waals surface area contributed by atoms with Crippen LogP contribution in [0, 0.1) is 0 Å². The van der Waals surface area contributed by atoms with Crippen molar-refractivity contribution in [2.24, 2.45) is 0 Å². The zero-order valence-corrected chi connectivity index (χ0v) is 12.9. The molecule has 0 amide bonds. The van der Waals surface area contributed by atoms with Gasteiger partial charge in [0.05, 0.1) is 10.5 Å². The molecule has 2 rings (SSSR count). The highest BCUT2D eigenvalue weighted by Gasteiger charge is 2.40. The van der Waals surface area contributed by atoms with Crippen LogP contribution < -0.4 is 5.32 Å². The van der Waals surface area contributed by atoms with Gasteiger partial charge in [0.15, 0.2) is 0 Å². The lowest BCUT2D eigenvalue weighted by molar-refractivity contribution is -0.139. The van der Waals surface area contributed by atoms with Crippen LogP contribution in [0.2, 0.25) is 0 Å². The molecule has 1 unspecified atom stereocenters. The number of halogens is 4. The maximum Gasteiger partial charge on any atom is 0.417 e. The molecule has 4 nitrogen and oxygen atoms in total. The van der Waals surface area contributed by atoms with Gasteiger partial charge in [-0.15, -0.1) is 12.4 Å². The third-order valence-corrected chi connectivity index (χ3v) is 5.29. The van der Waals surface area contributed by atoms with Crippen molar-refractivity contribution in [2.75, 3.05) is 19.6 Å². The number of alkyl halides is 3. The van der Waals surface area contributed by atoms with Gasteiger partial charge in [0.25, 0.3) is 0 Å². The van der Waals surface area contributed by atoms with Gasteiger partial charge in [-0.25, -0.2) is 8.42 Å². The van der Waals surface area contributed by atoms with E-state index >= 15 is 0 Å². The number of nitrogens with zero attached hydrogens (tertiary/aromatic N) is 1. The third-order valence-electron chi connectivity index (χ3n) is 3.22. The first kappa shape index (κ1) is 18.2. The Morgan fingerprint density at radius 1 is 1.29 bits per heavy atom. The summed E-state index contributed by atoms with van der Waals surface area (Å²) in [4.78, 5) is -0.679. The van der Waals surface area contributed by atoms with Gasteiger partial charge in [0.2, 0.25) is 10.0 Å². The van der Waals surface area contributed by atoms with Crippen LogP contribution in [-0.4, -0.2) is 38.4 Å². The minimum Gasteiger partial charge on any atom is -0.314 e. The molecular weight excluding hydrogens is 329 g/mol. The van der Waals surface area contributed by atoms with Crippen molar-refractivity contribution >= 4 is 22.4 Å². The van der Waals surface area contributed by atoms with Crippen molar-refractivity contribution in [1.82, 2.24) is 9.62 Å². The number of piperazine rings is 1. The van der Waals surface area contributed by atoms with Gasteiger partial charge in [-0.3, -0.25) is 0 Å². The van der Waals surface area contributed by atoms with E-state index in [-0.39, 0.29) is 25.0 Å². The Bertz CT molecular complexity index is 592. The number of benzene rings is 1. The molecule has 0 aliphatic carbocycles. The molecule has 0 spiro atoms. The molecule has 120 valence electrons. The van der Waals surface area contributed by atoms with E-state index in [9.17, 15) is 21.6 Å². The van der Waals surface area contributed by atoms with Gasteiger partial charge >= 0.3 is 6.18 Å². The van der Waals surface area contributed by atoms with Crippen LogP contribution in [0.5, 0.6) is 0 Å². The molecule has 0 aromatic heterocycles. The van der Waals surface area contributed by atoms with Crippen molar-refractivity contribution < 1.29 is 21.6 Å². The van der Waals surface area contributed by atoms with Gasteiger partial charge < -0.3 is 5.32 Å². The van der Waals surface area contributed by atoms with Crippen LogP contribution in [0.3, 0.4) is 0 Å². The zero-order valence-electron chi connectivity index (χ0n) is 11.2. The third kappa shape index (κ3) is 3.68. The Kier molecular flexibility index (Phi) is 5.65. The molecule has 1 saturated heterocycles. The van der Waals surface area contributed by atoms with Crippen LogP contribution in [-0.2, 0) is 16.2 Å². The fourth-order valence-corrected chi connectivity index (χ4v) is 4.08. The number of hydrogen-bond acceptors (Lipinski definition) is 3. The van der Waals surface area contributed by atoms with Crippen molar-refractivity contribution in [3.05, 3.63) is 29.8 Å². The number of nitrogens with one attached hydrogen (secondary N) is 1. The Hall–Kier alpha value is -0.830. The maximum atomic E-state index is 12.9. The van der Waals surface area contributed by atoms with Gasteiger partial charge in [-0.1, -0.05) is 12.1 Å². The van der Waals surface area contributed by atoms with Crippen LogP contribution in [0.15, 0.2) is 29.2 Å². The van der Waals surface area contributed by atoms with E-state index in [1.165, 1.54) is 12.1 Å². The lowest BCUT2D eigenvalue weighted by Crippen LogP contribution is -2.52. The minimum absolute atomic E-state index is 0. The molecule has 1 heterocycles. The summed E-state index contributed by atoms with van der Waals surface area (Å²) in [5, 5.41) is 3.00. The summed E-state index contributed by atoms with van der Waals surface area (Å²) in [5.41, 5.74) is -1.12. The second-order valence-corrected chi connectivity index (χ2v) is 6.52. The quantitative estimate of drug-likeness (QED) is 0.894. The highest BCUT2D eigenvalue weighted by Crippen LogP contribution is 2.35. The van der Waals surface area contributed by atoms with Crippen LogP contribution in [0.25, 0.3) is 0 Å². The Morgan fingerprint density at radius 2 is 1.90 bits per heavy atom. The van der Waals surface area contributed by atoms with Crippen LogP contribution in [0.1, 0.15) is 12.5 Å². The SMILES string of the molecule is CC1CNCCN1S(=O)(=O)c1ccccc1C(F)(F)F.Cl. The molecule has 1 aromatic carbocycles. The summed E-state index contributed by atoms with van der Waals surface area (Å²) in [7, 11) is -4.15.